The van der Waals surface area contributed by atoms with E-state index in [1.165, 1.54) is 13.0 Å². The van der Waals surface area contributed by atoms with Crippen molar-refractivity contribution in [3.05, 3.63) is 80.6 Å². The Bertz CT molecular complexity index is 1150. The Morgan fingerprint density at radius 2 is 1.77 bits per heavy atom. The highest BCUT2D eigenvalue weighted by atomic mass is 35.5. The molecule has 0 atom stereocenters. The largest absolute Gasteiger partial charge is 0.326 e. The van der Waals surface area contributed by atoms with Crippen LogP contribution >= 0.6 is 34.8 Å². The summed E-state index contributed by atoms with van der Waals surface area (Å²) in [5.74, 6) is -0.622. The summed E-state index contributed by atoms with van der Waals surface area (Å²) >= 11 is 18.5. The second kappa shape index (κ2) is 10.0. The number of amides is 2. The zero-order valence-electron chi connectivity index (χ0n) is 16.7. The van der Waals surface area contributed by atoms with Crippen LogP contribution in [-0.4, -0.2) is 21.6 Å². The van der Waals surface area contributed by atoms with Gasteiger partial charge < -0.3 is 10.6 Å². The first kappa shape index (κ1) is 22.9. The van der Waals surface area contributed by atoms with Crippen LogP contribution in [-0.2, 0) is 16.1 Å². The quantitative estimate of drug-likeness (QED) is 0.440. The number of aromatic nitrogens is 2. The summed E-state index contributed by atoms with van der Waals surface area (Å²) in [6.45, 7) is 3.69. The van der Waals surface area contributed by atoms with E-state index in [9.17, 15) is 9.59 Å². The van der Waals surface area contributed by atoms with Gasteiger partial charge in [-0.05, 0) is 48.9 Å². The van der Waals surface area contributed by atoms with Gasteiger partial charge in [-0.25, -0.2) is 4.68 Å². The Labute approximate surface area is 194 Å². The van der Waals surface area contributed by atoms with Crippen LogP contribution in [0.5, 0.6) is 0 Å². The van der Waals surface area contributed by atoms with Crippen molar-refractivity contribution >= 4 is 64.1 Å². The Morgan fingerprint density at radius 3 is 2.45 bits per heavy atom. The molecule has 0 aliphatic carbocycles. The number of carbonyl (C=O) groups is 2. The van der Waals surface area contributed by atoms with Gasteiger partial charge in [0.1, 0.15) is 5.15 Å². The standard InChI is InChI=1S/C22H19Cl3N4O2/c1-13-18(22(25)29(28-13)12-15-3-5-16(23)6-4-15)8-10-21(31)27-20-11-17(26-14(2)30)7-9-19(20)24/h3-11H,12H2,1-2H3,(H,26,30)(H,27,31)/b10-8+. The number of benzene rings is 2. The molecule has 9 heteroatoms. The van der Waals surface area contributed by atoms with Crippen LogP contribution in [0.2, 0.25) is 15.2 Å². The summed E-state index contributed by atoms with van der Waals surface area (Å²) in [6, 6.07) is 12.2. The smallest absolute Gasteiger partial charge is 0.248 e. The van der Waals surface area contributed by atoms with Crippen LogP contribution in [0.4, 0.5) is 11.4 Å². The van der Waals surface area contributed by atoms with Crippen LogP contribution in [0.1, 0.15) is 23.7 Å². The minimum atomic E-state index is -0.400. The van der Waals surface area contributed by atoms with Crippen LogP contribution < -0.4 is 10.6 Å². The summed E-state index contributed by atoms with van der Waals surface area (Å²) in [4.78, 5) is 23.6. The molecule has 0 aliphatic rings. The molecule has 6 nitrogen and oxygen atoms in total. The Morgan fingerprint density at radius 1 is 1.06 bits per heavy atom. The van der Waals surface area contributed by atoms with Crippen molar-refractivity contribution in [3.8, 4) is 0 Å². The van der Waals surface area contributed by atoms with Crippen LogP contribution in [0.3, 0.4) is 0 Å². The highest BCUT2D eigenvalue weighted by Gasteiger charge is 2.12. The lowest BCUT2D eigenvalue weighted by molar-refractivity contribution is -0.114. The highest BCUT2D eigenvalue weighted by molar-refractivity contribution is 6.34. The van der Waals surface area contributed by atoms with Gasteiger partial charge in [-0.15, -0.1) is 0 Å². The molecular weight excluding hydrogens is 459 g/mol. The van der Waals surface area contributed by atoms with E-state index in [1.807, 2.05) is 19.1 Å². The molecule has 0 aliphatic heterocycles. The molecule has 0 unspecified atom stereocenters. The van der Waals surface area contributed by atoms with Gasteiger partial charge in [-0.2, -0.15) is 5.10 Å². The first-order valence-corrected chi connectivity index (χ1v) is 10.4. The SMILES string of the molecule is CC(=O)Nc1ccc(Cl)c(NC(=O)/C=C/c2c(C)nn(Cc3ccc(Cl)cc3)c2Cl)c1. The Kier molecular flexibility index (Phi) is 7.38. The molecule has 0 spiro atoms. The van der Waals surface area contributed by atoms with Crippen LogP contribution in [0.25, 0.3) is 6.08 Å². The maximum Gasteiger partial charge on any atom is 0.248 e. The van der Waals surface area contributed by atoms with Gasteiger partial charge >= 0.3 is 0 Å². The van der Waals surface area contributed by atoms with Gasteiger partial charge in [-0.3, -0.25) is 9.59 Å². The number of halogens is 3. The summed E-state index contributed by atoms with van der Waals surface area (Å²) < 4.78 is 1.66. The molecule has 1 heterocycles. The maximum absolute atomic E-state index is 12.4. The van der Waals surface area contributed by atoms with E-state index < -0.39 is 5.91 Å². The van der Waals surface area contributed by atoms with Crippen molar-refractivity contribution in [2.75, 3.05) is 10.6 Å². The van der Waals surface area contributed by atoms with Crippen molar-refractivity contribution in [3.63, 3.8) is 0 Å². The van der Waals surface area contributed by atoms with E-state index in [1.54, 1.807) is 41.1 Å². The third-order valence-electron chi connectivity index (χ3n) is 4.30. The summed E-state index contributed by atoms with van der Waals surface area (Å²) in [5, 5.41) is 11.2. The zero-order chi connectivity index (χ0) is 22.5. The van der Waals surface area contributed by atoms with E-state index >= 15 is 0 Å². The third kappa shape index (κ3) is 6.10. The van der Waals surface area contributed by atoms with Gasteiger partial charge in [-0.1, -0.05) is 46.9 Å². The lowest BCUT2D eigenvalue weighted by atomic mass is 10.2. The van der Waals surface area contributed by atoms with Gasteiger partial charge in [0.15, 0.2) is 0 Å². The van der Waals surface area contributed by atoms with Crippen molar-refractivity contribution in [2.24, 2.45) is 0 Å². The maximum atomic E-state index is 12.4. The molecule has 2 N–H and O–H groups in total. The fraction of sp³-hybridized carbons (Fsp3) is 0.136. The molecule has 3 rings (SSSR count). The summed E-state index contributed by atoms with van der Waals surface area (Å²) in [6.07, 6.45) is 2.95. The minimum Gasteiger partial charge on any atom is -0.326 e. The average Bonchev–Trinajstić information content (AvgIpc) is 2.97. The Balaban J connectivity index is 1.73. The van der Waals surface area contributed by atoms with E-state index in [0.29, 0.717) is 44.4 Å². The number of rotatable bonds is 6. The highest BCUT2D eigenvalue weighted by Crippen LogP contribution is 2.26. The number of hydrogen-bond acceptors (Lipinski definition) is 3. The fourth-order valence-corrected chi connectivity index (χ4v) is 3.45. The molecule has 31 heavy (non-hydrogen) atoms. The van der Waals surface area contributed by atoms with E-state index in [0.717, 1.165) is 5.56 Å². The van der Waals surface area contributed by atoms with Crippen LogP contribution in [0.15, 0.2) is 48.5 Å². The number of carbonyl (C=O) groups excluding carboxylic acids is 2. The van der Waals surface area contributed by atoms with Crippen molar-refractivity contribution < 1.29 is 9.59 Å². The number of anilines is 2. The molecular formula is C22H19Cl3N4O2. The first-order valence-electron chi connectivity index (χ1n) is 9.26. The van der Waals surface area contributed by atoms with Crippen molar-refractivity contribution in [1.29, 1.82) is 0 Å². The normalized spacial score (nSPS) is 11.0. The number of nitrogens with zero attached hydrogens (tertiary/aromatic N) is 2. The second-order valence-electron chi connectivity index (χ2n) is 6.77. The van der Waals surface area contributed by atoms with Crippen molar-refractivity contribution in [2.45, 2.75) is 20.4 Å². The summed E-state index contributed by atoms with van der Waals surface area (Å²) in [7, 11) is 0. The molecule has 0 saturated carbocycles. The number of hydrogen-bond donors (Lipinski definition) is 2. The minimum absolute atomic E-state index is 0.222. The van der Waals surface area contributed by atoms with Crippen LogP contribution in [0, 0.1) is 6.92 Å². The number of nitrogens with one attached hydrogen (secondary N) is 2. The van der Waals surface area contributed by atoms with Gasteiger partial charge in [0.05, 0.1) is 22.9 Å². The van der Waals surface area contributed by atoms with E-state index in [-0.39, 0.29) is 5.91 Å². The monoisotopic (exact) mass is 476 g/mol. The van der Waals surface area contributed by atoms with E-state index in [4.69, 9.17) is 34.8 Å². The average molecular weight is 478 g/mol. The van der Waals surface area contributed by atoms with Gasteiger partial charge in [0.25, 0.3) is 0 Å². The molecule has 0 bridgehead atoms. The Hall–Kier alpha value is -2.80. The molecule has 0 radical (unpaired) electrons. The fourth-order valence-electron chi connectivity index (χ4n) is 2.86. The predicted octanol–water partition coefficient (Wildman–Crippen LogP) is 5.81. The molecule has 0 saturated heterocycles. The topological polar surface area (TPSA) is 76.0 Å². The van der Waals surface area contributed by atoms with E-state index in [2.05, 4.69) is 15.7 Å². The molecule has 2 amide bonds. The third-order valence-corrected chi connectivity index (χ3v) is 5.28. The van der Waals surface area contributed by atoms with Gasteiger partial charge in [0, 0.05) is 29.3 Å². The lowest BCUT2D eigenvalue weighted by Gasteiger charge is -2.08. The first-order chi connectivity index (χ1) is 14.7. The molecule has 0 fully saturated rings. The van der Waals surface area contributed by atoms with Crippen molar-refractivity contribution in [1.82, 2.24) is 9.78 Å². The molecule has 3 aromatic rings. The lowest BCUT2D eigenvalue weighted by Crippen LogP contribution is -2.10. The molecule has 2 aromatic carbocycles. The predicted molar refractivity (Wildman–Crippen MR) is 126 cm³/mol. The molecule has 1 aromatic heterocycles. The zero-order valence-corrected chi connectivity index (χ0v) is 19.0. The van der Waals surface area contributed by atoms with Gasteiger partial charge in [0.2, 0.25) is 11.8 Å². The number of aryl methyl sites for hydroxylation is 1. The second-order valence-corrected chi connectivity index (χ2v) is 7.97. The summed E-state index contributed by atoms with van der Waals surface area (Å²) in [5.41, 5.74) is 3.23. The molecule has 160 valence electrons.